The van der Waals surface area contributed by atoms with Crippen molar-refractivity contribution in [2.24, 2.45) is 0 Å². The van der Waals surface area contributed by atoms with Gasteiger partial charge >= 0.3 is 27.7 Å². The summed E-state index contributed by atoms with van der Waals surface area (Å²) < 4.78 is 122. The van der Waals surface area contributed by atoms with Gasteiger partial charge in [0.05, 0.1) is 12.2 Å². The fourth-order valence-electron chi connectivity index (χ4n) is 0.852. The molecule has 2 nitrogen and oxygen atoms in total. The van der Waals surface area contributed by atoms with E-state index in [1.165, 1.54) is 0 Å². The molecule has 17 heteroatoms. The number of carbonyl (C=O) groups is 1. The van der Waals surface area contributed by atoms with Gasteiger partial charge in [0, 0.05) is 0 Å². The summed E-state index contributed by atoms with van der Waals surface area (Å²) in [5, 5.41) is 0. The highest BCUT2D eigenvalue weighted by molar-refractivity contribution is 6.50. The molecule has 0 aliphatic rings. The Bertz CT molecular complexity index is 442. The zero-order valence-corrected chi connectivity index (χ0v) is 13.4. The van der Waals surface area contributed by atoms with Crippen LogP contribution in [-0.4, -0.2) is 34.3 Å². The van der Waals surface area contributed by atoms with E-state index in [0.29, 0.717) is 12.2 Å². The third-order valence-corrected chi connectivity index (χ3v) is 1.45. The third-order valence-electron chi connectivity index (χ3n) is 1.45. The number of benzene rings is 1. The first-order valence-corrected chi connectivity index (χ1v) is 6.68. The van der Waals surface area contributed by atoms with Crippen molar-refractivity contribution in [3.63, 3.8) is 0 Å². The number of hydrogen-bond acceptors (Lipinski definition) is 2. The minimum atomic E-state index is -6.00. The van der Waals surface area contributed by atoms with Crippen LogP contribution in [0, 0.1) is 0 Å². The highest BCUT2D eigenvalue weighted by Crippen LogP contribution is 2.07. The summed E-state index contributed by atoms with van der Waals surface area (Å²) in [6.45, 7) is 2.46. The fraction of sp³-hybridized carbons (Fsp3) is 0.300. The van der Waals surface area contributed by atoms with Crippen molar-refractivity contribution in [3.05, 3.63) is 35.9 Å². The number of esters is 1. The van der Waals surface area contributed by atoms with Crippen LogP contribution in [-0.2, 0) is 4.74 Å². The smallest absolute Gasteiger partial charge is 0.462 e. The van der Waals surface area contributed by atoms with Gasteiger partial charge in [-0.2, -0.15) is 0 Å². The van der Waals surface area contributed by atoms with Crippen LogP contribution < -0.4 is 0 Å². The van der Waals surface area contributed by atoms with Gasteiger partial charge in [0.15, 0.2) is 0 Å². The summed E-state index contributed by atoms with van der Waals surface area (Å²) in [5.41, 5.74) is 0.617. The molecular formula is C10H12B3F12O2-3. The normalized spacial score (nSPS) is 10.9. The second-order valence-electron chi connectivity index (χ2n) is 3.99. The van der Waals surface area contributed by atoms with Gasteiger partial charge in [-0.1, -0.05) is 25.1 Å². The lowest BCUT2D eigenvalue weighted by Gasteiger charge is -2.01. The summed E-state index contributed by atoms with van der Waals surface area (Å²) in [5.74, 6) is -0.238. The minimum absolute atomic E-state index is 0.238. The molecule has 0 amide bonds. The van der Waals surface area contributed by atoms with Crippen LogP contribution in [0.3, 0.4) is 0 Å². The van der Waals surface area contributed by atoms with E-state index < -0.39 is 21.8 Å². The summed E-state index contributed by atoms with van der Waals surface area (Å²) >= 11 is 0. The first-order chi connectivity index (χ1) is 11.8. The molecule has 27 heavy (non-hydrogen) atoms. The second kappa shape index (κ2) is 14.1. The molecule has 0 aromatic heterocycles. The maximum atomic E-state index is 11.2. The van der Waals surface area contributed by atoms with Crippen LogP contribution >= 0.6 is 0 Å². The van der Waals surface area contributed by atoms with E-state index >= 15 is 0 Å². The largest absolute Gasteiger partial charge is 0.673 e. The molecule has 0 unspecified atom stereocenters. The summed E-state index contributed by atoms with van der Waals surface area (Å²) in [6.07, 6.45) is 0.860. The molecule has 0 saturated carbocycles. The minimum Gasteiger partial charge on any atom is -0.462 e. The van der Waals surface area contributed by atoms with E-state index in [0.717, 1.165) is 6.42 Å². The lowest BCUT2D eigenvalue weighted by atomic mass is 10.2. The lowest BCUT2D eigenvalue weighted by Crippen LogP contribution is -2.05. The predicted molar refractivity (Wildman–Crippen MR) is 77.6 cm³/mol. The van der Waals surface area contributed by atoms with Crippen molar-refractivity contribution < 1.29 is 61.3 Å². The van der Waals surface area contributed by atoms with Crippen LogP contribution in [0.5, 0.6) is 0 Å². The molecular weight excluding hydrogens is 413 g/mol. The van der Waals surface area contributed by atoms with Crippen LogP contribution in [0.15, 0.2) is 30.3 Å². The Kier molecular flexibility index (Phi) is 15.6. The highest BCUT2D eigenvalue weighted by Gasteiger charge is 2.21. The maximum absolute atomic E-state index is 11.2. The fourth-order valence-corrected chi connectivity index (χ4v) is 0.852. The van der Waals surface area contributed by atoms with Gasteiger partial charge in [0.1, 0.15) is 0 Å². The topological polar surface area (TPSA) is 26.3 Å². The van der Waals surface area contributed by atoms with Gasteiger partial charge in [-0.3, -0.25) is 0 Å². The number of carbonyl (C=O) groups excluding carboxylic acids is 1. The molecule has 0 fully saturated rings. The summed E-state index contributed by atoms with van der Waals surface area (Å²) in [6, 6.07) is 9.01. The molecule has 0 heterocycles. The predicted octanol–water partition coefficient (Wildman–Crippen LogP) is 6.15. The second-order valence-corrected chi connectivity index (χ2v) is 3.99. The molecule has 0 bridgehead atoms. The lowest BCUT2D eigenvalue weighted by molar-refractivity contribution is 0.0505. The van der Waals surface area contributed by atoms with Gasteiger partial charge in [0.2, 0.25) is 0 Å². The number of halogens is 12. The Morgan fingerprint density at radius 3 is 1.30 bits per heavy atom. The van der Waals surface area contributed by atoms with Gasteiger partial charge < -0.3 is 56.5 Å². The van der Waals surface area contributed by atoms with Gasteiger partial charge in [-0.05, 0) is 18.6 Å². The molecule has 0 atom stereocenters. The molecule has 0 aliphatic carbocycles. The maximum Gasteiger partial charge on any atom is 0.673 e. The molecule has 0 N–H and O–H groups in total. The van der Waals surface area contributed by atoms with Crippen LogP contribution in [0.4, 0.5) is 51.8 Å². The average Bonchev–Trinajstić information content (AvgIpc) is 2.40. The molecule has 160 valence electrons. The first kappa shape index (κ1) is 29.8. The Morgan fingerprint density at radius 1 is 0.741 bits per heavy atom. The Balaban J connectivity index is -0.000000323. The first-order valence-electron chi connectivity index (χ1n) is 6.68. The van der Waals surface area contributed by atoms with Gasteiger partial charge in [0.25, 0.3) is 0 Å². The Hall–Kier alpha value is -1.96. The van der Waals surface area contributed by atoms with Crippen molar-refractivity contribution in [2.75, 3.05) is 6.61 Å². The summed E-state index contributed by atoms with van der Waals surface area (Å²) in [7, 11) is -18.0. The highest BCUT2D eigenvalue weighted by atomic mass is 19.5. The SMILES string of the molecule is CCCOC(=O)c1ccccc1.F[B-](F)(F)F.F[B-](F)(F)F.F[B-](F)(F)F. The monoisotopic (exact) mass is 425 g/mol. The zero-order chi connectivity index (χ0) is 22.3. The van der Waals surface area contributed by atoms with Crippen molar-refractivity contribution >= 4 is 27.7 Å². The van der Waals surface area contributed by atoms with E-state index in [-0.39, 0.29) is 5.97 Å². The van der Waals surface area contributed by atoms with Gasteiger partial charge in [-0.25, -0.2) is 4.79 Å². The number of ether oxygens (including phenoxy) is 1. The van der Waals surface area contributed by atoms with Crippen molar-refractivity contribution in [1.82, 2.24) is 0 Å². The van der Waals surface area contributed by atoms with E-state index in [9.17, 15) is 56.6 Å². The van der Waals surface area contributed by atoms with Crippen molar-refractivity contribution in [1.29, 1.82) is 0 Å². The van der Waals surface area contributed by atoms with Crippen molar-refractivity contribution in [3.8, 4) is 0 Å². The zero-order valence-electron chi connectivity index (χ0n) is 13.4. The molecule has 1 rings (SSSR count). The molecule has 1 aromatic carbocycles. The van der Waals surface area contributed by atoms with E-state index in [2.05, 4.69) is 0 Å². The van der Waals surface area contributed by atoms with Crippen LogP contribution in [0.2, 0.25) is 0 Å². The van der Waals surface area contributed by atoms with E-state index in [4.69, 9.17) is 4.74 Å². The van der Waals surface area contributed by atoms with Crippen LogP contribution in [0.25, 0.3) is 0 Å². The third kappa shape index (κ3) is 59.2. The number of hydrogen-bond donors (Lipinski definition) is 0. The Labute approximate surface area is 146 Å². The quantitative estimate of drug-likeness (QED) is 0.330. The van der Waals surface area contributed by atoms with E-state index in [1.54, 1.807) is 12.1 Å². The Morgan fingerprint density at radius 2 is 1.04 bits per heavy atom. The number of rotatable bonds is 3. The average molecular weight is 425 g/mol. The molecule has 0 aliphatic heterocycles. The van der Waals surface area contributed by atoms with Gasteiger partial charge in [-0.15, -0.1) is 0 Å². The van der Waals surface area contributed by atoms with Crippen LogP contribution in [0.1, 0.15) is 23.7 Å². The molecule has 1 aromatic rings. The van der Waals surface area contributed by atoms with E-state index in [1.807, 2.05) is 25.1 Å². The van der Waals surface area contributed by atoms with Crippen molar-refractivity contribution in [2.45, 2.75) is 13.3 Å². The molecule has 0 radical (unpaired) electrons. The summed E-state index contributed by atoms with van der Waals surface area (Å²) in [4.78, 5) is 11.2. The molecule has 0 spiro atoms. The molecule has 0 saturated heterocycles. The standard InChI is InChI=1S/C10H12O2.3BF4/c1-2-8-12-10(11)9-6-4-3-5-7-9;3*2-1(3,4)5/h3-7H,2,8H2,1H3;;;/q;3*-1.